The fourth-order valence-electron chi connectivity index (χ4n) is 0.821. The van der Waals surface area contributed by atoms with Crippen LogP contribution in [0.25, 0.3) is 0 Å². The van der Waals surface area contributed by atoms with E-state index in [9.17, 15) is 0 Å². The second-order valence-corrected chi connectivity index (χ2v) is 2.41. The third kappa shape index (κ3) is 3.58. The largest absolute Gasteiger partial charge is 2.00 e. The Morgan fingerprint density at radius 1 is 1.18 bits per heavy atom. The molecule has 0 bridgehead atoms. The molecule has 0 heterocycles. The number of benzene rings is 1. The molecule has 0 aliphatic rings. The summed E-state index contributed by atoms with van der Waals surface area (Å²) in [5, 5.41) is 0. The number of halogens is 1. The number of hydrogen-bond acceptors (Lipinski definition) is 0. The van der Waals surface area contributed by atoms with Crippen LogP contribution >= 0.6 is 0 Å². The van der Waals surface area contributed by atoms with Crippen molar-refractivity contribution in [3.05, 3.63) is 34.9 Å². The van der Waals surface area contributed by atoms with Crippen LogP contribution in [-0.4, -0.2) is 23.1 Å². The van der Waals surface area contributed by atoms with Gasteiger partial charge < -0.3 is 17.0 Å². The Kier molecular flexibility index (Phi) is 7.69. The van der Waals surface area contributed by atoms with Crippen LogP contribution in [-0.2, 0) is 0 Å². The van der Waals surface area contributed by atoms with Crippen molar-refractivity contribution < 1.29 is 17.0 Å². The molecule has 0 aliphatic heterocycles. The standard InChI is InChI=1S/C9H11.BrH.Mg/c1-7-5-4-6-8(2)9(7)3;;/h4-5H,1-3H3;1H;/q-1;;+2/p-1. The van der Waals surface area contributed by atoms with Gasteiger partial charge in [0.2, 0.25) is 0 Å². The summed E-state index contributed by atoms with van der Waals surface area (Å²) in [7, 11) is 0. The summed E-state index contributed by atoms with van der Waals surface area (Å²) in [5.41, 5.74) is 3.97. The van der Waals surface area contributed by atoms with E-state index < -0.39 is 0 Å². The molecule has 1 aromatic carbocycles. The van der Waals surface area contributed by atoms with Crippen molar-refractivity contribution >= 4 is 23.1 Å². The van der Waals surface area contributed by atoms with Gasteiger partial charge in [0.1, 0.15) is 0 Å². The molecule has 1 aromatic rings. The minimum Gasteiger partial charge on any atom is -1.00 e. The molecule has 0 fully saturated rings. The Morgan fingerprint density at radius 3 is 2.09 bits per heavy atom. The summed E-state index contributed by atoms with van der Waals surface area (Å²) in [4.78, 5) is 0. The van der Waals surface area contributed by atoms with Gasteiger partial charge in [0.15, 0.2) is 0 Å². The molecule has 0 aliphatic carbocycles. The fraction of sp³-hybridized carbons (Fsp3) is 0.333. The second-order valence-electron chi connectivity index (χ2n) is 2.41. The molecule has 0 nitrogen and oxygen atoms in total. The van der Waals surface area contributed by atoms with Gasteiger partial charge in [0.05, 0.1) is 0 Å². The Balaban J connectivity index is 0. The first-order valence-electron chi connectivity index (χ1n) is 3.16. The monoisotopic (exact) mass is 222 g/mol. The molecule has 0 saturated heterocycles. The molecular formula is C9H11BrMg. The summed E-state index contributed by atoms with van der Waals surface area (Å²) in [6.07, 6.45) is 0. The minimum atomic E-state index is 0. The molecule has 0 atom stereocenters. The van der Waals surface area contributed by atoms with Gasteiger partial charge in [-0.2, -0.15) is 34.9 Å². The normalized spacial score (nSPS) is 7.91. The molecule has 0 spiro atoms. The third-order valence-corrected chi connectivity index (χ3v) is 1.79. The van der Waals surface area contributed by atoms with Gasteiger partial charge in [0, 0.05) is 0 Å². The zero-order valence-corrected chi connectivity index (χ0v) is 10.2. The van der Waals surface area contributed by atoms with Crippen molar-refractivity contribution in [3.8, 4) is 0 Å². The van der Waals surface area contributed by atoms with E-state index in [1.54, 1.807) is 0 Å². The molecule has 0 radical (unpaired) electrons. The Morgan fingerprint density at radius 2 is 1.73 bits per heavy atom. The van der Waals surface area contributed by atoms with Crippen LogP contribution in [0.5, 0.6) is 0 Å². The third-order valence-electron chi connectivity index (χ3n) is 1.79. The molecule has 56 valence electrons. The molecule has 0 aromatic heterocycles. The molecule has 2 heteroatoms. The van der Waals surface area contributed by atoms with E-state index in [1.807, 2.05) is 6.07 Å². The first-order valence-corrected chi connectivity index (χ1v) is 3.16. The Bertz CT molecular complexity index is 201. The Labute approximate surface area is 95.3 Å². The van der Waals surface area contributed by atoms with Gasteiger partial charge in [0.25, 0.3) is 0 Å². The number of aryl methyl sites for hydroxylation is 2. The van der Waals surface area contributed by atoms with Crippen molar-refractivity contribution in [2.24, 2.45) is 0 Å². The predicted molar refractivity (Wildman–Crippen MR) is 45.2 cm³/mol. The van der Waals surface area contributed by atoms with Crippen molar-refractivity contribution in [1.29, 1.82) is 0 Å². The molecule has 0 saturated carbocycles. The summed E-state index contributed by atoms with van der Waals surface area (Å²) in [6.45, 7) is 6.33. The van der Waals surface area contributed by atoms with Gasteiger partial charge in [-0.1, -0.05) is 20.8 Å². The van der Waals surface area contributed by atoms with Crippen LogP contribution in [0.4, 0.5) is 0 Å². The van der Waals surface area contributed by atoms with E-state index in [-0.39, 0.29) is 40.0 Å². The average Bonchev–Trinajstić information content (AvgIpc) is 1.83. The smallest absolute Gasteiger partial charge is 1.00 e. The van der Waals surface area contributed by atoms with Gasteiger partial charge in [-0.15, -0.1) is 0 Å². The van der Waals surface area contributed by atoms with E-state index in [0.29, 0.717) is 0 Å². The molecular weight excluding hydrogens is 212 g/mol. The summed E-state index contributed by atoms with van der Waals surface area (Å²) >= 11 is 0. The summed E-state index contributed by atoms with van der Waals surface area (Å²) in [6, 6.07) is 7.20. The average molecular weight is 223 g/mol. The van der Waals surface area contributed by atoms with Crippen molar-refractivity contribution in [2.45, 2.75) is 20.8 Å². The number of hydrogen-bond donors (Lipinski definition) is 0. The van der Waals surface area contributed by atoms with Gasteiger partial charge >= 0.3 is 23.1 Å². The van der Waals surface area contributed by atoms with E-state index in [0.717, 1.165) is 0 Å². The molecule has 0 amide bonds. The summed E-state index contributed by atoms with van der Waals surface area (Å²) < 4.78 is 0. The number of rotatable bonds is 0. The second kappa shape index (κ2) is 6.03. The zero-order chi connectivity index (χ0) is 6.85. The quantitative estimate of drug-likeness (QED) is 0.392. The topological polar surface area (TPSA) is 0 Å². The van der Waals surface area contributed by atoms with Crippen LogP contribution in [0, 0.1) is 26.8 Å². The SMILES string of the molecule is Cc1[c-]ccc(C)c1C.[Br-].[Mg+2]. The summed E-state index contributed by atoms with van der Waals surface area (Å²) in [5.74, 6) is 0. The van der Waals surface area contributed by atoms with E-state index in [2.05, 4.69) is 32.9 Å². The maximum atomic E-state index is 3.14. The van der Waals surface area contributed by atoms with E-state index >= 15 is 0 Å². The van der Waals surface area contributed by atoms with Crippen molar-refractivity contribution in [2.75, 3.05) is 0 Å². The minimum absolute atomic E-state index is 0. The maximum absolute atomic E-state index is 3.14. The molecule has 11 heavy (non-hydrogen) atoms. The maximum Gasteiger partial charge on any atom is 2.00 e. The van der Waals surface area contributed by atoms with Gasteiger partial charge in [-0.3, -0.25) is 0 Å². The van der Waals surface area contributed by atoms with Crippen molar-refractivity contribution in [1.82, 2.24) is 0 Å². The van der Waals surface area contributed by atoms with E-state index in [1.165, 1.54) is 16.7 Å². The van der Waals surface area contributed by atoms with Crippen molar-refractivity contribution in [3.63, 3.8) is 0 Å². The van der Waals surface area contributed by atoms with E-state index in [4.69, 9.17) is 0 Å². The molecule has 0 N–H and O–H groups in total. The van der Waals surface area contributed by atoms with Gasteiger partial charge in [-0.25, -0.2) is 0 Å². The van der Waals surface area contributed by atoms with Crippen LogP contribution in [0.2, 0.25) is 0 Å². The predicted octanol–water partition coefficient (Wildman–Crippen LogP) is -0.965. The first kappa shape index (κ1) is 14.0. The molecule has 1 rings (SSSR count). The fourth-order valence-corrected chi connectivity index (χ4v) is 0.821. The first-order chi connectivity index (χ1) is 4.22. The zero-order valence-electron chi connectivity index (χ0n) is 7.24. The Hall–Kier alpha value is 0.466. The van der Waals surface area contributed by atoms with Crippen LogP contribution < -0.4 is 17.0 Å². The molecule has 0 unspecified atom stereocenters. The van der Waals surface area contributed by atoms with Crippen LogP contribution in [0.1, 0.15) is 16.7 Å². The van der Waals surface area contributed by atoms with Gasteiger partial charge in [-0.05, 0) is 0 Å². The van der Waals surface area contributed by atoms with Crippen LogP contribution in [0.3, 0.4) is 0 Å². The van der Waals surface area contributed by atoms with Crippen LogP contribution in [0.15, 0.2) is 12.1 Å².